The van der Waals surface area contributed by atoms with E-state index in [0.717, 1.165) is 22.8 Å². The molecule has 0 aliphatic heterocycles. The highest BCUT2D eigenvalue weighted by Gasteiger charge is 2.01. The molecule has 0 radical (unpaired) electrons. The van der Waals surface area contributed by atoms with E-state index < -0.39 is 0 Å². The molecule has 0 N–H and O–H groups in total. The number of aldehydes is 1. The van der Waals surface area contributed by atoms with Crippen LogP contribution in [-0.2, 0) is 0 Å². The Kier molecular flexibility index (Phi) is 2.14. The van der Waals surface area contributed by atoms with Crippen LogP contribution in [0.5, 0.6) is 5.75 Å². The number of nitrogens with zero attached hydrogens (tertiary/aromatic N) is 1. The first-order valence-electron chi connectivity index (χ1n) is 4.23. The molecule has 3 heteroatoms. The van der Waals surface area contributed by atoms with E-state index in [1.807, 2.05) is 24.3 Å². The molecular formula is C11H9NO2. The number of pyridine rings is 1. The highest BCUT2D eigenvalue weighted by atomic mass is 16.5. The van der Waals surface area contributed by atoms with Crippen molar-refractivity contribution >= 4 is 17.1 Å². The van der Waals surface area contributed by atoms with Gasteiger partial charge in [0.2, 0.25) is 0 Å². The van der Waals surface area contributed by atoms with Crippen molar-refractivity contribution in [3.63, 3.8) is 0 Å². The van der Waals surface area contributed by atoms with Crippen molar-refractivity contribution in [3.8, 4) is 5.75 Å². The number of aromatic nitrogens is 1. The molecule has 2 aromatic rings. The molecule has 0 amide bonds. The molecule has 14 heavy (non-hydrogen) atoms. The monoisotopic (exact) mass is 187 g/mol. The van der Waals surface area contributed by atoms with Crippen molar-refractivity contribution in [1.29, 1.82) is 0 Å². The minimum absolute atomic E-state index is 0.446. The van der Waals surface area contributed by atoms with E-state index in [1.165, 1.54) is 0 Å². The first-order valence-corrected chi connectivity index (χ1v) is 4.23. The molecule has 3 nitrogen and oxygen atoms in total. The molecule has 1 aromatic carbocycles. The first-order chi connectivity index (χ1) is 6.85. The van der Waals surface area contributed by atoms with E-state index in [1.54, 1.807) is 13.3 Å². The van der Waals surface area contributed by atoms with Gasteiger partial charge in [0.15, 0.2) is 6.29 Å². The maximum Gasteiger partial charge on any atom is 0.169 e. The van der Waals surface area contributed by atoms with Crippen LogP contribution in [0.15, 0.2) is 30.5 Å². The Bertz CT molecular complexity index is 480. The molecular weight excluding hydrogens is 178 g/mol. The molecule has 0 spiro atoms. The molecule has 70 valence electrons. The number of rotatable bonds is 2. The summed E-state index contributed by atoms with van der Waals surface area (Å²) in [5.74, 6) is 0.730. The highest BCUT2D eigenvalue weighted by Crippen LogP contribution is 2.21. The Morgan fingerprint density at radius 1 is 1.36 bits per heavy atom. The van der Waals surface area contributed by atoms with Gasteiger partial charge in [-0.25, -0.2) is 0 Å². The number of hydrogen-bond donors (Lipinski definition) is 0. The van der Waals surface area contributed by atoms with Gasteiger partial charge in [0.25, 0.3) is 0 Å². The summed E-state index contributed by atoms with van der Waals surface area (Å²) in [6, 6.07) is 7.44. The van der Waals surface area contributed by atoms with Gasteiger partial charge >= 0.3 is 0 Å². The lowest BCUT2D eigenvalue weighted by Crippen LogP contribution is -1.89. The minimum Gasteiger partial charge on any atom is -0.497 e. The molecule has 0 fully saturated rings. The van der Waals surface area contributed by atoms with Crippen LogP contribution in [0.4, 0.5) is 0 Å². The molecule has 0 saturated heterocycles. The Morgan fingerprint density at radius 2 is 2.21 bits per heavy atom. The van der Waals surface area contributed by atoms with E-state index in [-0.39, 0.29) is 0 Å². The van der Waals surface area contributed by atoms with Gasteiger partial charge < -0.3 is 4.74 Å². The summed E-state index contributed by atoms with van der Waals surface area (Å²) in [6.07, 6.45) is 2.38. The van der Waals surface area contributed by atoms with E-state index in [4.69, 9.17) is 4.74 Å². The standard InChI is InChI=1S/C11H9NO2/c1-14-9-3-2-8-4-5-12-11(7-13)10(8)6-9/h2-7H,1H3. The van der Waals surface area contributed by atoms with E-state index >= 15 is 0 Å². The molecule has 1 heterocycles. The third kappa shape index (κ3) is 1.33. The van der Waals surface area contributed by atoms with Crippen molar-refractivity contribution in [2.24, 2.45) is 0 Å². The average Bonchev–Trinajstić information content (AvgIpc) is 2.27. The van der Waals surface area contributed by atoms with Gasteiger partial charge in [0.1, 0.15) is 11.4 Å². The van der Waals surface area contributed by atoms with Crippen molar-refractivity contribution in [3.05, 3.63) is 36.2 Å². The van der Waals surface area contributed by atoms with E-state index in [2.05, 4.69) is 4.98 Å². The van der Waals surface area contributed by atoms with Crippen LogP contribution in [0, 0.1) is 0 Å². The first kappa shape index (κ1) is 8.69. The fourth-order valence-corrected chi connectivity index (χ4v) is 1.39. The van der Waals surface area contributed by atoms with Gasteiger partial charge in [-0.2, -0.15) is 0 Å². The largest absolute Gasteiger partial charge is 0.497 e. The Labute approximate surface area is 81.3 Å². The number of carbonyl (C=O) groups excluding carboxylic acids is 1. The smallest absolute Gasteiger partial charge is 0.169 e. The molecule has 0 saturated carbocycles. The summed E-state index contributed by atoms with van der Waals surface area (Å²) >= 11 is 0. The molecule has 0 atom stereocenters. The fraction of sp³-hybridized carbons (Fsp3) is 0.0909. The van der Waals surface area contributed by atoms with E-state index in [0.29, 0.717) is 5.69 Å². The third-order valence-electron chi connectivity index (χ3n) is 2.12. The number of ether oxygens (including phenoxy) is 1. The second kappa shape index (κ2) is 3.46. The number of fused-ring (bicyclic) bond motifs is 1. The maximum absolute atomic E-state index is 10.7. The summed E-state index contributed by atoms with van der Waals surface area (Å²) in [5, 5.41) is 1.81. The van der Waals surface area contributed by atoms with Crippen LogP contribution in [0.2, 0.25) is 0 Å². The third-order valence-corrected chi connectivity index (χ3v) is 2.12. The number of carbonyl (C=O) groups is 1. The van der Waals surface area contributed by atoms with Crippen molar-refractivity contribution in [2.75, 3.05) is 7.11 Å². The quantitative estimate of drug-likeness (QED) is 0.675. The van der Waals surface area contributed by atoms with Crippen LogP contribution in [0.1, 0.15) is 10.5 Å². The fourth-order valence-electron chi connectivity index (χ4n) is 1.39. The zero-order chi connectivity index (χ0) is 9.97. The molecule has 0 bridgehead atoms. The van der Waals surface area contributed by atoms with Crippen LogP contribution >= 0.6 is 0 Å². The lowest BCUT2D eigenvalue weighted by Gasteiger charge is -2.03. The van der Waals surface area contributed by atoms with E-state index in [9.17, 15) is 4.79 Å². The van der Waals surface area contributed by atoms with Crippen molar-refractivity contribution < 1.29 is 9.53 Å². The van der Waals surface area contributed by atoms with Gasteiger partial charge in [-0.1, -0.05) is 6.07 Å². The van der Waals surface area contributed by atoms with Crippen LogP contribution in [0.3, 0.4) is 0 Å². The van der Waals surface area contributed by atoms with Gasteiger partial charge in [0.05, 0.1) is 7.11 Å². The summed E-state index contributed by atoms with van der Waals surface area (Å²) in [6.45, 7) is 0. The lowest BCUT2D eigenvalue weighted by atomic mass is 10.1. The van der Waals surface area contributed by atoms with Crippen LogP contribution in [-0.4, -0.2) is 18.4 Å². The molecule has 0 aliphatic carbocycles. The zero-order valence-electron chi connectivity index (χ0n) is 7.73. The SMILES string of the molecule is COc1ccc2ccnc(C=O)c2c1. The summed E-state index contributed by atoms with van der Waals surface area (Å²) in [4.78, 5) is 14.7. The maximum atomic E-state index is 10.7. The second-order valence-electron chi connectivity index (χ2n) is 2.90. The van der Waals surface area contributed by atoms with Gasteiger partial charge in [0, 0.05) is 11.6 Å². The lowest BCUT2D eigenvalue weighted by molar-refractivity contribution is 0.112. The minimum atomic E-state index is 0.446. The number of methoxy groups -OCH3 is 1. The highest BCUT2D eigenvalue weighted by molar-refractivity contribution is 5.96. The predicted molar refractivity (Wildman–Crippen MR) is 53.7 cm³/mol. The summed E-state index contributed by atoms with van der Waals surface area (Å²) in [5.41, 5.74) is 0.446. The van der Waals surface area contributed by atoms with Crippen molar-refractivity contribution in [2.45, 2.75) is 0 Å². The molecule has 1 aromatic heterocycles. The molecule has 2 rings (SSSR count). The second-order valence-corrected chi connectivity index (χ2v) is 2.90. The topological polar surface area (TPSA) is 39.2 Å². The average molecular weight is 187 g/mol. The Hall–Kier alpha value is -1.90. The van der Waals surface area contributed by atoms with Gasteiger partial charge in [-0.15, -0.1) is 0 Å². The molecule has 0 unspecified atom stereocenters. The molecule has 0 aliphatic rings. The van der Waals surface area contributed by atoms with Crippen molar-refractivity contribution in [1.82, 2.24) is 4.98 Å². The summed E-state index contributed by atoms with van der Waals surface area (Å²) in [7, 11) is 1.60. The number of hydrogen-bond acceptors (Lipinski definition) is 3. The van der Waals surface area contributed by atoms with Gasteiger partial charge in [-0.3, -0.25) is 9.78 Å². The predicted octanol–water partition coefficient (Wildman–Crippen LogP) is 2.06. The zero-order valence-corrected chi connectivity index (χ0v) is 7.73. The normalized spacial score (nSPS) is 10.1. The Morgan fingerprint density at radius 3 is 2.93 bits per heavy atom. The summed E-state index contributed by atoms with van der Waals surface area (Å²) < 4.78 is 5.08. The van der Waals surface area contributed by atoms with Gasteiger partial charge in [-0.05, 0) is 23.6 Å². The number of benzene rings is 1. The van der Waals surface area contributed by atoms with Crippen LogP contribution in [0.25, 0.3) is 10.8 Å². The van der Waals surface area contributed by atoms with Crippen LogP contribution < -0.4 is 4.74 Å². The Balaban J connectivity index is 2.76.